The molecule has 1 amide bonds. The van der Waals surface area contributed by atoms with Crippen molar-refractivity contribution >= 4 is 27.0 Å². The zero-order valence-electron chi connectivity index (χ0n) is 17.8. The quantitative estimate of drug-likeness (QED) is 0.466. The second kappa shape index (κ2) is 8.94. The Kier molecular flexibility index (Phi) is 6.07. The van der Waals surface area contributed by atoms with Gasteiger partial charge in [-0.25, -0.2) is 18.1 Å². The number of sulfonamides is 1. The van der Waals surface area contributed by atoms with Crippen LogP contribution in [0.25, 0.3) is 22.2 Å². The number of para-hydroxylation sites is 2. The van der Waals surface area contributed by atoms with Crippen molar-refractivity contribution in [1.29, 1.82) is 0 Å². The van der Waals surface area contributed by atoms with Gasteiger partial charge in [-0.3, -0.25) is 4.79 Å². The number of ether oxygens (including phenoxy) is 1. The van der Waals surface area contributed by atoms with Crippen molar-refractivity contribution < 1.29 is 17.9 Å². The molecule has 0 aliphatic rings. The highest BCUT2D eigenvalue weighted by atomic mass is 32.2. The van der Waals surface area contributed by atoms with Crippen molar-refractivity contribution in [3.8, 4) is 11.1 Å². The highest BCUT2D eigenvalue weighted by molar-refractivity contribution is 7.89. The van der Waals surface area contributed by atoms with E-state index in [1.54, 1.807) is 13.2 Å². The van der Waals surface area contributed by atoms with E-state index < -0.39 is 15.9 Å². The highest BCUT2D eigenvalue weighted by Crippen LogP contribution is 2.26. The minimum absolute atomic E-state index is 0.289. The van der Waals surface area contributed by atoms with E-state index in [-0.39, 0.29) is 5.56 Å². The Morgan fingerprint density at radius 3 is 2.47 bits per heavy atom. The van der Waals surface area contributed by atoms with Crippen LogP contribution in [0.1, 0.15) is 21.7 Å². The number of fused-ring (bicyclic) bond motifs is 1. The standard InChI is InChI=1S/C24H23N3O4S/c1-31-16-23-25-21-10-6-7-11-22(21)27(23)15-17-12-13-19(18-8-4-3-5-9-18)20(14-17)24(28)26-32(2,29)30/h3-14H,15-16H2,1-2H3,(H,26,28). The zero-order chi connectivity index (χ0) is 22.7. The molecule has 0 fully saturated rings. The third kappa shape index (κ3) is 4.71. The Morgan fingerprint density at radius 2 is 1.75 bits per heavy atom. The van der Waals surface area contributed by atoms with E-state index in [1.807, 2.05) is 71.3 Å². The molecule has 1 heterocycles. The summed E-state index contributed by atoms with van der Waals surface area (Å²) in [6.45, 7) is 0.797. The minimum atomic E-state index is -3.71. The van der Waals surface area contributed by atoms with Gasteiger partial charge in [0.1, 0.15) is 12.4 Å². The molecule has 0 atom stereocenters. The number of hydrogen-bond donors (Lipinski definition) is 1. The van der Waals surface area contributed by atoms with Crippen LogP contribution in [0, 0.1) is 0 Å². The van der Waals surface area contributed by atoms with E-state index in [1.165, 1.54) is 0 Å². The second-order valence-corrected chi connectivity index (χ2v) is 9.23. The summed E-state index contributed by atoms with van der Waals surface area (Å²) >= 11 is 0. The zero-order valence-corrected chi connectivity index (χ0v) is 18.6. The van der Waals surface area contributed by atoms with Gasteiger partial charge in [0.15, 0.2) is 0 Å². The lowest BCUT2D eigenvalue weighted by Crippen LogP contribution is -2.29. The minimum Gasteiger partial charge on any atom is -0.377 e. The molecule has 0 aliphatic heterocycles. The molecule has 164 valence electrons. The molecule has 32 heavy (non-hydrogen) atoms. The van der Waals surface area contributed by atoms with Crippen LogP contribution in [-0.2, 0) is 27.9 Å². The number of rotatable bonds is 7. The number of methoxy groups -OCH3 is 1. The first-order chi connectivity index (χ1) is 15.4. The van der Waals surface area contributed by atoms with Crippen LogP contribution in [0.3, 0.4) is 0 Å². The molecule has 8 heteroatoms. The van der Waals surface area contributed by atoms with Gasteiger partial charge in [0.25, 0.3) is 5.91 Å². The van der Waals surface area contributed by atoms with Crippen LogP contribution in [0.5, 0.6) is 0 Å². The Bertz CT molecular complexity index is 1380. The SMILES string of the molecule is COCc1nc2ccccc2n1Cc1ccc(-c2ccccc2)c(C(=O)NS(C)(=O)=O)c1. The number of carbonyl (C=O) groups is 1. The highest BCUT2D eigenvalue weighted by Gasteiger charge is 2.18. The first-order valence-corrected chi connectivity index (χ1v) is 11.9. The maximum atomic E-state index is 12.9. The summed E-state index contributed by atoms with van der Waals surface area (Å²) in [5.41, 5.74) is 4.42. The largest absolute Gasteiger partial charge is 0.377 e. The maximum absolute atomic E-state index is 12.9. The number of nitrogens with one attached hydrogen (secondary N) is 1. The Balaban J connectivity index is 1.80. The monoisotopic (exact) mass is 449 g/mol. The van der Waals surface area contributed by atoms with E-state index >= 15 is 0 Å². The van der Waals surface area contributed by atoms with E-state index in [9.17, 15) is 13.2 Å². The number of hydrogen-bond acceptors (Lipinski definition) is 5. The summed E-state index contributed by atoms with van der Waals surface area (Å²) in [7, 11) is -2.09. The van der Waals surface area contributed by atoms with E-state index in [0.29, 0.717) is 18.7 Å². The lowest BCUT2D eigenvalue weighted by Gasteiger charge is -2.14. The molecule has 0 aliphatic carbocycles. The fraction of sp³-hybridized carbons (Fsp3) is 0.167. The summed E-state index contributed by atoms with van der Waals surface area (Å²) in [6, 6.07) is 22.7. The lowest BCUT2D eigenvalue weighted by atomic mass is 9.97. The van der Waals surface area contributed by atoms with Gasteiger partial charge in [-0.05, 0) is 34.9 Å². The van der Waals surface area contributed by atoms with Crippen LogP contribution in [0.4, 0.5) is 0 Å². The molecule has 0 saturated heterocycles. The van der Waals surface area contributed by atoms with Crippen molar-refractivity contribution in [1.82, 2.24) is 14.3 Å². The maximum Gasteiger partial charge on any atom is 0.265 e. The molecule has 1 N–H and O–H groups in total. The molecular formula is C24H23N3O4S. The molecule has 3 aromatic carbocycles. The molecule has 0 radical (unpaired) electrons. The van der Waals surface area contributed by atoms with Gasteiger partial charge in [0.05, 0.1) is 17.3 Å². The van der Waals surface area contributed by atoms with Crippen LogP contribution in [-0.4, -0.2) is 37.2 Å². The fourth-order valence-corrected chi connectivity index (χ4v) is 4.14. The molecule has 0 spiro atoms. The predicted octanol–water partition coefficient (Wildman–Crippen LogP) is 3.59. The van der Waals surface area contributed by atoms with Gasteiger partial charge in [-0.2, -0.15) is 0 Å². The normalized spacial score (nSPS) is 11.6. The summed E-state index contributed by atoms with van der Waals surface area (Å²) in [4.78, 5) is 17.5. The van der Waals surface area contributed by atoms with Gasteiger partial charge in [0, 0.05) is 19.2 Å². The summed E-state index contributed by atoms with van der Waals surface area (Å²) < 4.78 is 32.9. The first-order valence-electron chi connectivity index (χ1n) is 9.99. The van der Waals surface area contributed by atoms with E-state index in [4.69, 9.17) is 4.74 Å². The van der Waals surface area contributed by atoms with Gasteiger partial charge >= 0.3 is 0 Å². The molecule has 0 unspecified atom stereocenters. The molecule has 0 saturated carbocycles. The van der Waals surface area contributed by atoms with Crippen molar-refractivity contribution in [2.24, 2.45) is 0 Å². The van der Waals surface area contributed by atoms with Crippen LogP contribution >= 0.6 is 0 Å². The molecule has 4 aromatic rings. The molecular weight excluding hydrogens is 426 g/mol. The summed E-state index contributed by atoms with van der Waals surface area (Å²) in [5, 5.41) is 0. The Labute approximate surface area is 186 Å². The third-order valence-electron chi connectivity index (χ3n) is 5.04. The summed E-state index contributed by atoms with van der Waals surface area (Å²) in [5.74, 6) is 0.101. The lowest BCUT2D eigenvalue weighted by molar-refractivity contribution is 0.0982. The first kappa shape index (κ1) is 21.7. The molecule has 1 aromatic heterocycles. The number of aromatic nitrogens is 2. The molecule has 0 bridgehead atoms. The molecule has 7 nitrogen and oxygen atoms in total. The molecule has 4 rings (SSSR count). The number of amides is 1. The van der Waals surface area contributed by atoms with Crippen molar-refractivity contribution in [2.45, 2.75) is 13.2 Å². The average Bonchev–Trinajstić information content (AvgIpc) is 3.10. The number of carbonyl (C=O) groups excluding carboxylic acids is 1. The van der Waals surface area contributed by atoms with Crippen LogP contribution < -0.4 is 4.72 Å². The smallest absolute Gasteiger partial charge is 0.265 e. The Hall–Kier alpha value is -3.49. The Morgan fingerprint density at radius 1 is 1.03 bits per heavy atom. The van der Waals surface area contributed by atoms with Crippen LogP contribution in [0.15, 0.2) is 72.8 Å². The topological polar surface area (TPSA) is 90.3 Å². The van der Waals surface area contributed by atoms with Crippen LogP contribution in [0.2, 0.25) is 0 Å². The van der Waals surface area contributed by atoms with Crippen molar-refractivity contribution in [3.63, 3.8) is 0 Å². The predicted molar refractivity (Wildman–Crippen MR) is 124 cm³/mol. The van der Waals surface area contributed by atoms with Gasteiger partial charge in [-0.1, -0.05) is 54.6 Å². The second-order valence-electron chi connectivity index (χ2n) is 7.49. The van der Waals surface area contributed by atoms with Crippen molar-refractivity contribution in [3.05, 3.63) is 89.7 Å². The third-order valence-corrected chi connectivity index (χ3v) is 5.60. The number of benzene rings is 3. The average molecular weight is 450 g/mol. The van der Waals surface area contributed by atoms with Crippen molar-refractivity contribution in [2.75, 3.05) is 13.4 Å². The summed E-state index contributed by atoms with van der Waals surface area (Å²) in [6.07, 6.45) is 0.964. The fourth-order valence-electron chi connectivity index (χ4n) is 3.69. The van der Waals surface area contributed by atoms with E-state index in [0.717, 1.165) is 34.2 Å². The van der Waals surface area contributed by atoms with E-state index in [2.05, 4.69) is 9.71 Å². The number of nitrogens with zero attached hydrogens (tertiary/aromatic N) is 2. The number of imidazole rings is 1. The van der Waals surface area contributed by atoms with Gasteiger partial charge in [0.2, 0.25) is 10.0 Å². The van der Waals surface area contributed by atoms with Gasteiger partial charge in [-0.15, -0.1) is 0 Å². The van der Waals surface area contributed by atoms with Gasteiger partial charge < -0.3 is 9.30 Å².